The highest BCUT2D eigenvalue weighted by Gasteiger charge is 2.15. The lowest BCUT2D eigenvalue weighted by atomic mass is 10.2. The van der Waals surface area contributed by atoms with Gasteiger partial charge < -0.3 is 18.8 Å². The lowest BCUT2D eigenvalue weighted by Gasteiger charge is -2.09. The van der Waals surface area contributed by atoms with Gasteiger partial charge in [0.2, 0.25) is 5.91 Å². The van der Waals surface area contributed by atoms with E-state index in [9.17, 15) is 9.59 Å². The molecule has 32 heavy (non-hydrogen) atoms. The summed E-state index contributed by atoms with van der Waals surface area (Å²) in [6, 6.07) is 13.8. The summed E-state index contributed by atoms with van der Waals surface area (Å²) in [5.41, 5.74) is 2.00. The Kier molecular flexibility index (Phi) is 8.75. The van der Waals surface area contributed by atoms with Crippen molar-refractivity contribution in [3.8, 4) is 11.5 Å². The van der Waals surface area contributed by atoms with Crippen LogP contribution in [0.15, 0.2) is 47.5 Å². The van der Waals surface area contributed by atoms with E-state index >= 15 is 0 Å². The number of esters is 1. The molecule has 0 atom stereocenters. The molecule has 0 unspecified atom stereocenters. The Balaban J connectivity index is 1.75. The predicted molar refractivity (Wildman–Crippen MR) is 127 cm³/mol. The van der Waals surface area contributed by atoms with Crippen molar-refractivity contribution in [2.24, 2.45) is 4.99 Å². The summed E-state index contributed by atoms with van der Waals surface area (Å²) in [7, 11) is 4.44. The molecule has 3 rings (SSSR count). The maximum Gasteiger partial charge on any atom is 0.325 e. The largest absolute Gasteiger partial charge is 0.493 e. The highest BCUT2D eigenvalue weighted by atomic mass is 32.2. The first kappa shape index (κ1) is 23.9. The predicted octanol–water partition coefficient (Wildman–Crippen LogP) is 4.03. The minimum absolute atomic E-state index is 0.0506. The van der Waals surface area contributed by atoms with Gasteiger partial charge in [0.05, 0.1) is 31.5 Å². The van der Waals surface area contributed by atoms with E-state index in [-0.39, 0.29) is 12.5 Å². The van der Waals surface area contributed by atoms with Gasteiger partial charge in [-0.1, -0.05) is 41.7 Å². The molecule has 2 aromatic carbocycles. The van der Waals surface area contributed by atoms with Crippen LogP contribution in [-0.4, -0.2) is 43.5 Å². The van der Waals surface area contributed by atoms with Crippen molar-refractivity contribution < 1.29 is 23.8 Å². The number of fused-ring (bicyclic) bond motifs is 1. The molecule has 0 N–H and O–H groups in total. The molecule has 170 valence electrons. The summed E-state index contributed by atoms with van der Waals surface area (Å²) in [5, 5.41) is 0. The maximum absolute atomic E-state index is 12.5. The first-order chi connectivity index (χ1) is 15.5. The third kappa shape index (κ3) is 6.14. The summed E-state index contributed by atoms with van der Waals surface area (Å²) in [4.78, 5) is 29.2. The minimum Gasteiger partial charge on any atom is -0.493 e. The van der Waals surface area contributed by atoms with Crippen LogP contribution in [-0.2, 0) is 26.6 Å². The fraction of sp³-hybridized carbons (Fsp3) is 0.348. The first-order valence-electron chi connectivity index (χ1n) is 10.1. The van der Waals surface area contributed by atoms with Gasteiger partial charge in [0.25, 0.3) is 0 Å². The second kappa shape index (κ2) is 11.7. The summed E-state index contributed by atoms with van der Waals surface area (Å²) in [5.74, 6) is 2.26. The Hall–Kier alpha value is -2.78. The number of aromatic nitrogens is 1. The average molecular weight is 475 g/mol. The second-order valence-corrected chi connectivity index (χ2v) is 8.98. The maximum atomic E-state index is 12.5. The van der Waals surface area contributed by atoms with Gasteiger partial charge >= 0.3 is 5.97 Å². The van der Waals surface area contributed by atoms with Crippen LogP contribution in [0.25, 0.3) is 10.2 Å². The van der Waals surface area contributed by atoms with Gasteiger partial charge in [-0.05, 0) is 17.7 Å². The summed E-state index contributed by atoms with van der Waals surface area (Å²) < 4.78 is 18.1. The smallest absolute Gasteiger partial charge is 0.325 e. The van der Waals surface area contributed by atoms with Crippen LogP contribution in [0.3, 0.4) is 0 Å². The van der Waals surface area contributed by atoms with Crippen LogP contribution in [0.4, 0.5) is 0 Å². The van der Waals surface area contributed by atoms with E-state index in [4.69, 9.17) is 14.2 Å². The average Bonchev–Trinajstić information content (AvgIpc) is 3.13. The van der Waals surface area contributed by atoms with Gasteiger partial charge in [0.1, 0.15) is 6.54 Å². The number of ether oxygens (including phenoxy) is 3. The zero-order valence-electron chi connectivity index (χ0n) is 18.3. The molecule has 1 heterocycles. The van der Waals surface area contributed by atoms with E-state index in [0.29, 0.717) is 22.7 Å². The van der Waals surface area contributed by atoms with E-state index in [0.717, 1.165) is 28.1 Å². The van der Waals surface area contributed by atoms with Crippen LogP contribution < -0.4 is 14.3 Å². The molecule has 0 bridgehead atoms. The molecule has 0 saturated carbocycles. The monoisotopic (exact) mass is 474 g/mol. The van der Waals surface area contributed by atoms with Crippen molar-refractivity contribution in [3.63, 3.8) is 0 Å². The SMILES string of the molecule is COC(=O)Cn1c(=NC(=O)CCCSCc2ccccc2)sc2cc(OC)c(OC)cc21. The van der Waals surface area contributed by atoms with Gasteiger partial charge in [-0.2, -0.15) is 16.8 Å². The number of hydrogen-bond acceptors (Lipinski definition) is 7. The van der Waals surface area contributed by atoms with Crippen molar-refractivity contribution in [1.29, 1.82) is 0 Å². The Morgan fingerprint density at radius 3 is 2.47 bits per heavy atom. The van der Waals surface area contributed by atoms with Crippen LogP contribution in [0.1, 0.15) is 18.4 Å². The molecule has 1 amide bonds. The number of thiazole rings is 1. The van der Waals surface area contributed by atoms with Gasteiger partial charge in [0.15, 0.2) is 16.3 Å². The molecular formula is C23H26N2O5S2. The normalized spacial score (nSPS) is 11.5. The summed E-state index contributed by atoms with van der Waals surface area (Å²) >= 11 is 3.12. The summed E-state index contributed by atoms with van der Waals surface area (Å²) in [6.07, 6.45) is 1.09. The molecule has 1 aromatic heterocycles. The Morgan fingerprint density at radius 1 is 1.06 bits per heavy atom. The van der Waals surface area contributed by atoms with Gasteiger partial charge in [-0.15, -0.1) is 0 Å². The number of hydrogen-bond donors (Lipinski definition) is 0. The molecule has 0 radical (unpaired) electrons. The lowest BCUT2D eigenvalue weighted by Crippen LogP contribution is -2.22. The van der Waals surface area contributed by atoms with Gasteiger partial charge in [-0.3, -0.25) is 9.59 Å². The van der Waals surface area contributed by atoms with Crippen molar-refractivity contribution >= 4 is 45.2 Å². The summed E-state index contributed by atoms with van der Waals surface area (Å²) in [6.45, 7) is -0.0506. The molecule has 3 aromatic rings. The Labute approximate surface area is 195 Å². The fourth-order valence-corrected chi connectivity index (χ4v) is 5.06. The third-order valence-electron chi connectivity index (χ3n) is 4.71. The van der Waals surface area contributed by atoms with Crippen molar-refractivity contribution in [2.45, 2.75) is 25.1 Å². The number of benzene rings is 2. The molecule has 0 saturated heterocycles. The standard InChI is InChI=1S/C23H26N2O5S2/c1-28-18-12-17-20(13-19(18)29-2)32-23(25(17)14-22(27)30-3)24-21(26)10-7-11-31-15-16-8-5-4-6-9-16/h4-6,8-9,12-13H,7,10-11,14-15H2,1-3H3. The van der Waals surface area contributed by atoms with Gasteiger partial charge in [-0.25, -0.2) is 0 Å². The second-order valence-electron chi connectivity index (χ2n) is 6.87. The van der Waals surface area contributed by atoms with E-state index < -0.39 is 5.97 Å². The van der Waals surface area contributed by atoms with Crippen LogP contribution in [0.2, 0.25) is 0 Å². The topological polar surface area (TPSA) is 79.1 Å². The van der Waals surface area contributed by atoms with E-state index in [1.54, 1.807) is 36.6 Å². The highest BCUT2D eigenvalue weighted by molar-refractivity contribution is 7.98. The molecule has 7 nitrogen and oxygen atoms in total. The van der Waals surface area contributed by atoms with Crippen molar-refractivity contribution in [3.05, 3.63) is 52.8 Å². The van der Waals surface area contributed by atoms with E-state index in [1.165, 1.54) is 24.0 Å². The third-order valence-corrected chi connectivity index (χ3v) is 6.87. The number of amides is 1. The number of thioether (sulfide) groups is 1. The molecule has 0 aliphatic heterocycles. The molecular weight excluding hydrogens is 448 g/mol. The van der Waals surface area contributed by atoms with Crippen LogP contribution >= 0.6 is 23.1 Å². The zero-order valence-corrected chi connectivity index (χ0v) is 20.0. The quantitative estimate of drug-likeness (QED) is 0.326. The number of nitrogens with zero attached hydrogens (tertiary/aromatic N) is 2. The first-order valence-corrected chi connectivity index (χ1v) is 12.0. The number of carbonyl (C=O) groups excluding carboxylic acids is 2. The zero-order chi connectivity index (χ0) is 22.9. The molecule has 0 fully saturated rings. The Bertz CT molecular complexity index is 1140. The molecule has 0 aliphatic rings. The number of carbonyl (C=O) groups is 2. The molecule has 9 heteroatoms. The minimum atomic E-state index is -0.425. The Morgan fingerprint density at radius 2 is 1.78 bits per heavy atom. The van der Waals surface area contributed by atoms with E-state index in [1.807, 2.05) is 24.3 Å². The van der Waals surface area contributed by atoms with Crippen molar-refractivity contribution in [2.75, 3.05) is 27.1 Å². The number of rotatable bonds is 10. The lowest BCUT2D eigenvalue weighted by molar-refractivity contribution is -0.141. The van der Waals surface area contributed by atoms with Crippen LogP contribution in [0.5, 0.6) is 11.5 Å². The van der Waals surface area contributed by atoms with E-state index in [2.05, 4.69) is 17.1 Å². The fourth-order valence-electron chi connectivity index (χ4n) is 3.08. The highest BCUT2D eigenvalue weighted by Crippen LogP contribution is 2.33. The van der Waals surface area contributed by atoms with Gasteiger partial charge in [0, 0.05) is 24.3 Å². The van der Waals surface area contributed by atoms with Crippen LogP contribution in [0, 0.1) is 0 Å². The van der Waals surface area contributed by atoms with Crippen molar-refractivity contribution in [1.82, 2.24) is 4.57 Å². The molecule has 0 aliphatic carbocycles. The number of methoxy groups -OCH3 is 3. The molecule has 0 spiro atoms.